The molecular formula is C13H22O. The summed E-state index contributed by atoms with van der Waals surface area (Å²) in [6, 6.07) is 0. The number of allylic oxidation sites excluding steroid dienone is 4. The third kappa shape index (κ3) is 4.61. The van der Waals surface area contributed by atoms with Gasteiger partial charge in [0.2, 0.25) is 0 Å². The van der Waals surface area contributed by atoms with Crippen molar-refractivity contribution < 1.29 is 5.11 Å². The lowest BCUT2D eigenvalue weighted by atomic mass is 9.95. The van der Waals surface area contributed by atoms with Crippen LogP contribution in [0.1, 0.15) is 45.4 Å². The van der Waals surface area contributed by atoms with Gasteiger partial charge in [-0.1, -0.05) is 31.2 Å². The summed E-state index contributed by atoms with van der Waals surface area (Å²) in [6.07, 6.45) is 15.3. The molecule has 1 nitrogen and oxygen atoms in total. The van der Waals surface area contributed by atoms with Crippen LogP contribution in [0, 0.1) is 5.92 Å². The first kappa shape index (κ1) is 11.5. The van der Waals surface area contributed by atoms with Crippen LogP contribution in [0.5, 0.6) is 0 Å². The molecule has 1 heteroatoms. The Morgan fingerprint density at radius 1 is 0.857 bits per heavy atom. The van der Waals surface area contributed by atoms with Crippen LogP contribution >= 0.6 is 0 Å². The lowest BCUT2D eigenvalue weighted by Gasteiger charge is -2.17. The SMILES string of the molecule is CC1CC/C=C\CC/C=C\CCC1O. The summed E-state index contributed by atoms with van der Waals surface area (Å²) in [7, 11) is 0. The highest BCUT2D eigenvalue weighted by atomic mass is 16.3. The molecule has 0 radical (unpaired) electrons. The Morgan fingerprint density at radius 3 is 2.00 bits per heavy atom. The molecule has 0 aromatic carbocycles. The topological polar surface area (TPSA) is 20.2 Å². The molecule has 0 saturated carbocycles. The second kappa shape index (κ2) is 6.83. The molecule has 0 amide bonds. The van der Waals surface area contributed by atoms with Crippen LogP contribution in [-0.2, 0) is 0 Å². The third-order valence-electron chi connectivity index (χ3n) is 2.91. The quantitative estimate of drug-likeness (QED) is 0.586. The van der Waals surface area contributed by atoms with Gasteiger partial charge in [-0.2, -0.15) is 0 Å². The molecule has 0 fully saturated rings. The number of rotatable bonds is 0. The molecule has 0 aliphatic heterocycles. The van der Waals surface area contributed by atoms with Gasteiger partial charge in [0.15, 0.2) is 0 Å². The van der Waals surface area contributed by atoms with Crippen molar-refractivity contribution >= 4 is 0 Å². The maximum Gasteiger partial charge on any atom is 0.0568 e. The average molecular weight is 194 g/mol. The molecule has 1 N–H and O–H groups in total. The summed E-state index contributed by atoms with van der Waals surface area (Å²) in [6.45, 7) is 2.15. The van der Waals surface area contributed by atoms with Gasteiger partial charge in [-0.15, -0.1) is 0 Å². The molecule has 80 valence electrons. The summed E-state index contributed by atoms with van der Waals surface area (Å²) in [5.74, 6) is 0.437. The summed E-state index contributed by atoms with van der Waals surface area (Å²) in [5.41, 5.74) is 0. The Labute approximate surface area is 87.5 Å². The Bertz CT molecular complexity index is 171. The Kier molecular flexibility index (Phi) is 5.62. The maximum absolute atomic E-state index is 9.80. The van der Waals surface area contributed by atoms with E-state index in [9.17, 15) is 5.11 Å². The Morgan fingerprint density at radius 2 is 1.36 bits per heavy atom. The minimum Gasteiger partial charge on any atom is -0.393 e. The van der Waals surface area contributed by atoms with E-state index >= 15 is 0 Å². The number of aliphatic hydroxyl groups excluding tert-OH is 1. The fourth-order valence-corrected chi connectivity index (χ4v) is 1.77. The summed E-state index contributed by atoms with van der Waals surface area (Å²) < 4.78 is 0. The monoisotopic (exact) mass is 194 g/mol. The molecule has 1 aliphatic rings. The molecule has 0 aromatic rings. The predicted molar refractivity (Wildman–Crippen MR) is 61.2 cm³/mol. The maximum atomic E-state index is 9.80. The van der Waals surface area contributed by atoms with Gasteiger partial charge in [0.05, 0.1) is 6.10 Å². The minimum atomic E-state index is -0.118. The van der Waals surface area contributed by atoms with Gasteiger partial charge in [0.25, 0.3) is 0 Å². The van der Waals surface area contributed by atoms with Crippen molar-refractivity contribution in [2.75, 3.05) is 0 Å². The van der Waals surface area contributed by atoms with Gasteiger partial charge in [-0.3, -0.25) is 0 Å². The first-order chi connectivity index (χ1) is 6.80. The Hall–Kier alpha value is -0.560. The fraction of sp³-hybridized carbons (Fsp3) is 0.692. The van der Waals surface area contributed by atoms with Crippen LogP contribution in [0.4, 0.5) is 0 Å². The van der Waals surface area contributed by atoms with Crippen LogP contribution < -0.4 is 0 Å². The van der Waals surface area contributed by atoms with E-state index in [1.807, 2.05) is 0 Å². The van der Waals surface area contributed by atoms with Crippen molar-refractivity contribution in [3.8, 4) is 0 Å². The van der Waals surface area contributed by atoms with Crippen LogP contribution in [0.3, 0.4) is 0 Å². The van der Waals surface area contributed by atoms with Crippen molar-refractivity contribution in [3.63, 3.8) is 0 Å². The fourth-order valence-electron chi connectivity index (χ4n) is 1.77. The molecule has 2 atom stereocenters. The zero-order chi connectivity index (χ0) is 10.2. The van der Waals surface area contributed by atoms with Crippen LogP contribution in [0.25, 0.3) is 0 Å². The van der Waals surface area contributed by atoms with Crippen molar-refractivity contribution in [2.24, 2.45) is 5.92 Å². The van der Waals surface area contributed by atoms with E-state index in [4.69, 9.17) is 0 Å². The number of hydrogen-bond acceptors (Lipinski definition) is 1. The van der Waals surface area contributed by atoms with Gasteiger partial charge in [-0.25, -0.2) is 0 Å². The molecule has 0 bridgehead atoms. The molecule has 0 heterocycles. The van der Waals surface area contributed by atoms with Crippen molar-refractivity contribution in [3.05, 3.63) is 24.3 Å². The second-order valence-electron chi connectivity index (χ2n) is 4.22. The molecule has 0 saturated heterocycles. The Balaban J connectivity index is 2.41. The minimum absolute atomic E-state index is 0.118. The van der Waals surface area contributed by atoms with E-state index < -0.39 is 0 Å². The van der Waals surface area contributed by atoms with E-state index in [-0.39, 0.29) is 6.10 Å². The molecule has 0 aromatic heterocycles. The zero-order valence-corrected chi connectivity index (χ0v) is 9.15. The predicted octanol–water partition coefficient (Wildman–Crippen LogP) is 3.45. The van der Waals surface area contributed by atoms with Gasteiger partial charge >= 0.3 is 0 Å². The van der Waals surface area contributed by atoms with Gasteiger partial charge in [-0.05, 0) is 44.4 Å². The van der Waals surface area contributed by atoms with Gasteiger partial charge < -0.3 is 5.11 Å². The molecule has 14 heavy (non-hydrogen) atoms. The molecule has 2 unspecified atom stereocenters. The van der Waals surface area contributed by atoms with E-state index in [1.165, 1.54) is 0 Å². The summed E-state index contributed by atoms with van der Waals surface area (Å²) in [4.78, 5) is 0. The van der Waals surface area contributed by atoms with E-state index in [2.05, 4.69) is 31.2 Å². The van der Waals surface area contributed by atoms with Crippen molar-refractivity contribution in [1.29, 1.82) is 0 Å². The van der Waals surface area contributed by atoms with Crippen LogP contribution in [0.2, 0.25) is 0 Å². The van der Waals surface area contributed by atoms with Crippen molar-refractivity contribution in [2.45, 2.75) is 51.6 Å². The molecule has 1 rings (SSSR count). The highest BCUT2D eigenvalue weighted by Gasteiger charge is 2.12. The lowest BCUT2D eigenvalue weighted by molar-refractivity contribution is 0.104. The first-order valence-corrected chi connectivity index (χ1v) is 5.79. The molecule has 1 aliphatic carbocycles. The highest BCUT2D eigenvalue weighted by molar-refractivity contribution is 4.90. The van der Waals surface area contributed by atoms with E-state index in [1.54, 1.807) is 0 Å². The van der Waals surface area contributed by atoms with Crippen LogP contribution in [-0.4, -0.2) is 11.2 Å². The van der Waals surface area contributed by atoms with E-state index in [0.29, 0.717) is 5.92 Å². The van der Waals surface area contributed by atoms with Crippen LogP contribution in [0.15, 0.2) is 24.3 Å². The third-order valence-corrected chi connectivity index (χ3v) is 2.91. The number of aliphatic hydroxyl groups is 1. The first-order valence-electron chi connectivity index (χ1n) is 5.79. The van der Waals surface area contributed by atoms with Crippen molar-refractivity contribution in [1.82, 2.24) is 0 Å². The lowest BCUT2D eigenvalue weighted by Crippen LogP contribution is -2.16. The summed E-state index contributed by atoms with van der Waals surface area (Å²) >= 11 is 0. The smallest absolute Gasteiger partial charge is 0.0568 e. The standard InChI is InChI=1S/C13H22O/c1-12-10-8-6-4-2-3-5-7-9-11-13(12)14/h4-7,12-14H,2-3,8-11H2,1H3/b6-4-,7-5-. The zero-order valence-electron chi connectivity index (χ0n) is 9.15. The largest absolute Gasteiger partial charge is 0.393 e. The van der Waals surface area contributed by atoms with E-state index in [0.717, 1.165) is 38.5 Å². The second-order valence-corrected chi connectivity index (χ2v) is 4.22. The number of hydrogen-bond donors (Lipinski definition) is 1. The normalized spacial score (nSPS) is 35.3. The molecule has 0 spiro atoms. The van der Waals surface area contributed by atoms with Gasteiger partial charge in [0, 0.05) is 0 Å². The summed E-state index contributed by atoms with van der Waals surface area (Å²) in [5, 5.41) is 9.80. The average Bonchev–Trinajstić information content (AvgIpc) is 2.18. The highest BCUT2D eigenvalue weighted by Crippen LogP contribution is 2.16. The van der Waals surface area contributed by atoms with Gasteiger partial charge in [0.1, 0.15) is 0 Å². The molecular weight excluding hydrogens is 172 g/mol.